The van der Waals surface area contributed by atoms with Crippen LogP contribution in [0.15, 0.2) is 0 Å². The number of Topliss-reactive ketones (excluding diaryl/α,β-unsaturated/α-hetero) is 1. The fourth-order valence-electron chi connectivity index (χ4n) is 2.39. The van der Waals surface area contributed by atoms with Gasteiger partial charge in [-0.1, -0.05) is 27.2 Å². The van der Waals surface area contributed by atoms with Gasteiger partial charge in [0.2, 0.25) is 0 Å². The predicted octanol–water partition coefficient (Wildman–Crippen LogP) is 3.28. The Morgan fingerprint density at radius 2 is 1.92 bits per heavy atom. The third-order valence-corrected chi connectivity index (χ3v) is 3.69. The molecule has 1 nitrogen and oxygen atoms in total. The lowest BCUT2D eigenvalue weighted by Crippen LogP contribution is -2.26. The van der Waals surface area contributed by atoms with Crippen molar-refractivity contribution in [2.24, 2.45) is 23.7 Å². The maximum Gasteiger partial charge on any atom is 0.132 e. The van der Waals surface area contributed by atoms with Gasteiger partial charge in [-0.25, -0.2) is 0 Å². The summed E-state index contributed by atoms with van der Waals surface area (Å²) in [5.41, 5.74) is 0. The first kappa shape index (κ1) is 10.7. The van der Waals surface area contributed by atoms with E-state index < -0.39 is 0 Å². The Morgan fingerprint density at radius 1 is 1.38 bits per heavy atom. The van der Waals surface area contributed by atoms with Crippen LogP contribution in [-0.2, 0) is 4.79 Å². The summed E-state index contributed by atoms with van der Waals surface area (Å²) in [6.45, 7) is 8.37. The monoisotopic (exact) mass is 182 g/mol. The summed E-state index contributed by atoms with van der Waals surface area (Å²) in [7, 11) is 0. The van der Waals surface area contributed by atoms with Crippen LogP contribution >= 0.6 is 0 Å². The van der Waals surface area contributed by atoms with Crippen molar-refractivity contribution in [3.05, 3.63) is 0 Å². The minimum Gasteiger partial charge on any atom is -0.300 e. The number of rotatable bonds is 5. The predicted molar refractivity (Wildman–Crippen MR) is 55.5 cm³/mol. The SMILES string of the molecule is CC[C@@H](C)C(C1CC1)C(C)C(C)=O. The zero-order valence-corrected chi connectivity index (χ0v) is 9.34. The summed E-state index contributed by atoms with van der Waals surface area (Å²) < 4.78 is 0. The first-order valence-electron chi connectivity index (χ1n) is 5.58. The number of carbonyl (C=O) groups excluding carboxylic acids is 1. The highest BCUT2D eigenvalue weighted by atomic mass is 16.1. The third-order valence-electron chi connectivity index (χ3n) is 3.69. The van der Waals surface area contributed by atoms with Crippen LogP contribution in [-0.4, -0.2) is 5.78 Å². The van der Waals surface area contributed by atoms with Gasteiger partial charge in [-0.2, -0.15) is 0 Å². The van der Waals surface area contributed by atoms with Crippen LogP contribution in [0.2, 0.25) is 0 Å². The van der Waals surface area contributed by atoms with Crippen molar-refractivity contribution >= 4 is 5.78 Å². The van der Waals surface area contributed by atoms with Gasteiger partial charge in [0, 0.05) is 5.92 Å². The van der Waals surface area contributed by atoms with E-state index in [0.29, 0.717) is 17.6 Å². The Labute approximate surface area is 81.9 Å². The number of ketones is 1. The largest absolute Gasteiger partial charge is 0.300 e. The van der Waals surface area contributed by atoms with Gasteiger partial charge in [-0.05, 0) is 37.5 Å². The summed E-state index contributed by atoms with van der Waals surface area (Å²) in [4.78, 5) is 11.3. The minimum atomic E-state index is 0.280. The molecule has 1 aliphatic rings. The van der Waals surface area contributed by atoms with Crippen LogP contribution in [0.3, 0.4) is 0 Å². The summed E-state index contributed by atoms with van der Waals surface area (Å²) in [5.74, 6) is 2.88. The molecule has 0 amide bonds. The lowest BCUT2D eigenvalue weighted by Gasteiger charge is -2.27. The Bertz CT molecular complexity index is 182. The average Bonchev–Trinajstić information content (AvgIpc) is 2.88. The van der Waals surface area contributed by atoms with Crippen LogP contribution in [0.4, 0.5) is 0 Å². The van der Waals surface area contributed by atoms with E-state index in [-0.39, 0.29) is 5.92 Å². The molecule has 0 bridgehead atoms. The van der Waals surface area contributed by atoms with Gasteiger partial charge in [0.05, 0.1) is 0 Å². The lowest BCUT2D eigenvalue weighted by atomic mass is 9.77. The zero-order valence-electron chi connectivity index (χ0n) is 9.34. The van der Waals surface area contributed by atoms with Crippen molar-refractivity contribution in [3.8, 4) is 0 Å². The maximum atomic E-state index is 11.3. The van der Waals surface area contributed by atoms with Gasteiger partial charge in [-0.15, -0.1) is 0 Å². The molecule has 1 aliphatic carbocycles. The molecule has 1 rings (SSSR count). The van der Waals surface area contributed by atoms with E-state index in [9.17, 15) is 4.79 Å². The molecule has 1 saturated carbocycles. The van der Waals surface area contributed by atoms with E-state index in [2.05, 4.69) is 20.8 Å². The van der Waals surface area contributed by atoms with E-state index >= 15 is 0 Å². The van der Waals surface area contributed by atoms with Crippen molar-refractivity contribution in [1.29, 1.82) is 0 Å². The minimum absolute atomic E-state index is 0.280. The molecule has 0 heterocycles. The van der Waals surface area contributed by atoms with Crippen LogP contribution in [0.5, 0.6) is 0 Å². The molecule has 0 radical (unpaired) electrons. The van der Waals surface area contributed by atoms with Crippen molar-refractivity contribution in [3.63, 3.8) is 0 Å². The molecule has 0 aromatic rings. The fourth-order valence-corrected chi connectivity index (χ4v) is 2.39. The molecular weight excluding hydrogens is 160 g/mol. The zero-order chi connectivity index (χ0) is 10.0. The van der Waals surface area contributed by atoms with E-state index in [1.807, 2.05) is 0 Å². The lowest BCUT2D eigenvalue weighted by molar-refractivity contribution is -0.122. The van der Waals surface area contributed by atoms with Gasteiger partial charge < -0.3 is 0 Å². The van der Waals surface area contributed by atoms with E-state index in [1.165, 1.54) is 19.3 Å². The Kier molecular flexibility index (Phi) is 3.52. The van der Waals surface area contributed by atoms with Crippen molar-refractivity contribution in [1.82, 2.24) is 0 Å². The maximum absolute atomic E-state index is 11.3. The second-order valence-electron chi connectivity index (χ2n) is 4.70. The number of hydrogen-bond acceptors (Lipinski definition) is 1. The first-order valence-corrected chi connectivity index (χ1v) is 5.58. The smallest absolute Gasteiger partial charge is 0.132 e. The fraction of sp³-hybridized carbons (Fsp3) is 0.917. The first-order chi connectivity index (χ1) is 6.07. The average molecular weight is 182 g/mol. The molecule has 0 aliphatic heterocycles. The molecule has 76 valence electrons. The highest BCUT2D eigenvalue weighted by molar-refractivity contribution is 5.78. The summed E-state index contributed by atoms with van der Waals surface area (Å²) >= 11 is 0. The molecule has 3 atom stereocenters. The number of carbonyl (C=O) groups is 1. The van der Waals surface area contributed by atoms with Gasteiger partial charge in [-0.3, -0.25) is 4.79 Å². The topological polar surface area (TPSA) is 17.1 Å². The molecule has 0 aromatic heterocycles. The molecule has 0 spiro atoms. The van der Waals surface area contributed by atoms with Gasteiger partial charge in [0.15, 0.2) is 0 Å². The van der Waals surface area contributed by atoms with Crippen LogP contribution in [0, 0.1) is 23.7 Å². The Morgan fingerprint density at radius 3 is 2.23 bits per heavy atom. The normalized spacial score (nSPS) is 23.7. The molecule has 1 fully saturated rings. The molecule has 0 aromatic carbocycles. The van der Waals surface area contributed by atoms with Crippen LogP contribution < -0.4 is 0 Å². The molecule has 1 heteroatoms. The Hall–Kier alpha value is -0.330. The second-order valence-corrected chi connectivity index (χ2v) is 4.70. The van der Waals surface area contributed by atoms with Crippen molar-refractivity contribution in [2.45, 2.75) is 47.0 Å². The molecular formula is C12H22O. The second kappa shape index (κ2) is 4.26. The van der Waals surface area contributed by atoms with E-state index in [1.54, 1.807) is 6.92 Å². The van der Waals surface area contributed by atoms with Crippen molar-refractivity contribution < 1.29 is 4.79 Å². The Balaban J connectivity index is 2.60. The molecule has 0 saturated heterocycles. The molecule has 2 unspecified atom stereocenters. The van der Waals surface area contributed by atoms with Gasteiger partial charge in [0.1, 0.15) is 5.78 Å². The highest BCUT2D eigenvalue weighted by Gasteiger charge is 2.38. The summed E-state index contributed by atoms with van der Waals surface area (Å²) in [6, 6.07) is 0. The molecule has 0 N–H and O–H groups in total. The van der Waals surface area contributed by atoms with Gasteiger partial charge in [0.25, 0.3) is 0 Å². The van der Waals surface area contributed by atoms with E-state index in [4.69, 9.17) is 0 Å². The molecule has 13 heavy (non-hydrogen) atoms. The quantitative estimate of drug-likeness (QED) is 0.637. The third kappa shape index (κ3) is 2.55. The van der Waals surface area contributed by atoms with Crippen molar-refractivity contribution in [2.75, 3.05) is 0 Å². The van der Waals surface area contributed by atoms with Crippen LogP contribution in [0.25, 0.3) is 0 Å². The van der Waals surface area contributed by atoms with Crippen LogP contribution in [0.1, 0.15) is 47.0 Å². The summed E-state index contributed by atoms with van der Waals surface area (Å²) in [5, 5.41) is 0. The highest BCUT2D eigenvalue weighted by Crippen LogP contribution is 2.45. The van der Waals surface area contributed by atoms with E-state index in [0.717, 1.165) is 5.92 Å². The van der Waals surface area contributed by atoms with Gasteiger partial charge >= 0.3 is 0 Å². The summed E-state index contributed by atoms with van der Waals surface area (Å²) in [6.07, 6.45) is 3.91. The number of hydrogen-bond donors (Lipinski definition) is 0. The standard InChI is InChI=1S/C12H22O/c1-5-8(2)12(11-6-7-11)9(3)10(4)13/h8-9,11-12H,5-7H2,1-4H3/t8-,9?,12?/m1/s1.